The quantitative estimate of drug-likeness (QED) is 0.158. The van der Waals surface area contributed by atoms with E-state index in [2.05, 4.69) is 137 Å². The van der Waals surface area contributed by atoms with Gasteiger partial charge in [0.25, 0.3) is 0 Å². The Morgan fingerprint density at radius 3 is 1.51 bits per heavy atom. The van der Waals surface area contributed by atoms with Crippen molar-refractivity contribution in [3.63, 3.8) is 0 Å². The van der Waals surface area contributed by atoms with E-state index in [1.807, 2.05) is 36.4 Å². The Balaban J connectivity index is 0.932. The Morgan fingerprint density at radius 2 is 0.909 bits per heavy atom. The fourth-order valence-electron chi connectivity index (χ4n) is 11.1. The molecule has 4 fully saturated rings. The predicted molar refractivity (Wildman–Crippen MR) is 229 cm³/mol. The van der Waals surface area contributed by atoms with Crippen LogP contribution >= 0.6 is 15.9 Å². The molecule has 0 saturated heterocycles. The first-order chi connectivity index (χ1) is 27.0. The van der Waals surface area contributed by atoms with Crippen LogP contribution in [0.5, 0.6) is 0 Å². The zero-order valence-electron chi connectivity index (χ0n) is 30.6. The first-order valence-electron chi connectivity index (χ1n) is 19.7. The van der Waals surface area contributed by atoms with Crippen LogP contribution in [-0.2, 0) is 10.8 Å². The lowest BCUT2D eigenvalue weighted by Crippen LogP contribution is -2.55. The summed E-state index contributed by atoms with van der Waals surface area (Å²) in [6.45, 7) is 0. The number of rotatable bonds is 6. The maximum Gasteiger partial charge on any atom is 0.164 e. The second-order valence-corrected chi connectivity index (χ2v) is 17.5. The highest BCUT2D eigenvalue weighted by Crippen LogP contribution is 2.66. The summed E-state index contributed by atoms with van der Waals surface area (Å²) in [5.41, 5.74) is 9.16. The van der Waals surface area contributed by atoms with Gasteiger partial charge in [-0.1, -0.05) is 149 Å². The van der Waals surface area contributed by atoms with Crippen molar-refractivity contribution in [1.82, 2.24) is 15.0 Å². The normalized spacial score (nSPS) is 22.7. The largest absolute Gasteiger partial charge is 0.208 e. The van der Waals surface area contributed by atoms with E-state index in [-0.39, 0.29) is 5.41 Å². The van der Waals surface area contributed by atoms with E-state index in [9.17, 15) is 0 Å². The molecule has 0 aliphatic heterocycles. The van der Waals surface area contributed by atoms with E-state index in [4.69, 9.17) is 15.0 Å². The van der Waals surface area contributed by atoms with Crippen LogP contribution in [0, 0.1) is 11.8 Å². The maximum atomic E-state index is 4.99. The lowest BCUT2D eigenvalue weighted by atomic mass is 9.42. The minimum absolute atomic E-state index is 0.287. The lowest BCUT2D eigenvalue weighted by Gasteiger charge is -2.63. The van der Waals surface area contributed by atoms with E-state index in [0.717, 1.165) is 28.5 Å². The zero-order chi connectivity index (χ0) is 36.6. The predicted octanol–water partition coefficient (Wildman–Crippen LogP) is 13.4. The Bertz CT molecular complexity index is 2650. The molecule has 4 saturated carbocycles. The molecule has 1 aromatic heterocycles. The smallest absolute Gasteiger partial charge is 0.164 e. The Morgan fingerprint density at radius 1 is 0.418 bits per heavy atom. The molecule has 4 heteroatoms. The molecule has 4 aliphatic carbocycles. The molecule has 4 bridgehead atoms. The van der Waals surface area contributed by atoms with E-state index in [1.165, 1.54) is 75.7 Å². The van der Waals surface area contributed by atoms with Gasteiger partial charge in [0, 0.05) is 21.2 Å². The number of nitrogens with zero attached hydrogens (tertiary/aromatic N) is 3. The topological polar surface area (TPSA) is 38.7 Å². The molecule has 0 amide bonds. The van der Waals surface area contributed by atoms with E-state index < -0.39 is 0 Å². The van der Waals surface area contributed by atoms with Crippen LogP contribution in [0.3, 0.4) is 0 Å². The summed E-state index contributed by atoms with van der Waals surface area (Å²) in [4.78, 5) is 14.9. The first kappa shape index (κ1) is 32.9. The van der Waals surface area contributed by atoms with Gasteiger partial charge in [0.2, 0.25) is 0 Å². The molecular formula is C51H40BrN3. The minimum Gasteiger partial charge on any atom is -0.208 e. The van der Waals surface area contributed by atoms with Crippen molar-refractivity contribution in [3.8, 4) is 45.3 Å². The lowest BCUT2D eigenvalue weighted by molar-refractivity contribution is -0.0281. The van der Waals surface area contributed by atoms with Gasteiger partial charge in [-0.3, -0.25) is 0 Å². The van der Waals surface area contributed by atoms with Gasteiger partial charge in [-0.2, -0.15) is 0 Å². The summed E-state index contributed by atoms with van der Waals surface area (Å²) in [7, 11) is 0. The summed E-state index contributed by atoms with van der Waals surface area (Å²) in [6, 6.07) is 57.4. The molecule has 266 valence electrons. The fourth-order valence-corrected chi connectivity index (χ4v) is 11.3. The van der Waals surface area contributed by atoms with Crippen molar-refractivity contribution in [1.29, 1.82) is 0 Å². The third kappa shape index (κ3) is 5.73. The number of fused-ring (bicyclic) bond motifs is 3. The van der Waals surface area contributed by atoms with Gasteiger partial charge in [-0.25, -0.2) is 15.0 Å². The third-order valence-corrected chi connectivity index (χ3v) is 13.7. The van der Waals surface area contributed by atoms with Gasteiger partial charge in [0.15, 0.2) is 17.5 Å². The Labute approximate surface area is 330 Å². The van der Waals surface area contributed by atoms with Crippen LogP contribution in [0.4, 0.5) is 0 Å². The van der Waals surface area contributed by atoms with Crippen molar-refractivity contribution < 1.29 is 0 Å². The SMILES string of the molecule is Brc1ccc(C23CC4CC(C2)CC(c2ccc(-c5ccc6ccc7cc(-c8nc(-c9ccccc9)nc(-c9ccccc9)n8)ccc7c6c5)cc2)(C4)C3)cc1. The molecular weight excluding hydrogens is 734 g/mol. The standard InChI is InChI=1S/C51H40BrN3/c52-44-22-20-43(21-23-44)51-30-33-25-34(31-51)29-50(28-33,32-51)42-18-15-35(16-19-42)39-13-11-36-12-14-40-26-41(17-24-45(40)46(36)27-39)49-54-47(37-7-3-1-4-8-37)53-48(55-49)38-9-5-2-6-10-38/h1-24,26-27,33-34H,25,28-32H2. The summed E-state index contributed by atoms with van der Waals surface area (Å²) in [5, 5.41) is 4.90. The molecule has 0 spiro atoms. The first-order valence-corrected chi connectivity index (χ1v) is 20.5. The second-order valence-electron chi connectivity index (χ2n) is 16.6. The molecule has 4 aliphatic rings. The summed E-state index contributed by atoms with van der Waals surface area (Å²) >= 11 is 3.68. The van der Waals surface area contributed by atoms with Crippen LogP contribution in [0.1, 0.15) is 49.7 Å². The van der Waals surface area contributed by atoms with E-state index >= 15 is 0 Å². The van der Waals surface area contributed by atoms with Gasteiger partial charge >= 0.3 is 0 Å². The summed E-state index contributed by atoms with van der Waals surface area (Å²) in [6.07, 6.45) is 8.11. The molecule has 8 aromatic rings. The van der Waals surface area contributed by atoms with Crippen LogP contribution in [0.2, 0.25) is 0 Å². The van der Waals surface area contributed by atoms with Gasteiger partial charge in [-0.15, -0.1) is 0 Å². The molecule has 0 N–H and O–H groups in total. The van der Waals surface area contributed by atoms with Gasteiger partial charge in [0.05, 0.1) is 0 Å². The van der Waals surface area contributed by atoms with Crippen LogP contribution in [0.25, 0.3) is 66.8 Å². The van der Waals surface area contributed by atoms with Crippen LogP contribution in [0.15, 0.2) is 162 Å². The highest BCUT2D eigenvalue weighted by atomic mass is 79.9. The average molecular weight is 775 g/mol. The molecule has 55 heavy (non-hydrogen) atoms. The molecule has 2 unspecified atom stereocenters. The van der Waals surface area contributed by atoms with E-state index in [1.54, 1.807) is 11.1 Å². The van der Waals surface area contributed by atoms with E-state index in [0.29, 0.717) is 22.9 Å². The Kier molecular flexibility index (Phi) is 7.67. The van der Waals surface area contributed by atoms with Crippen molar-refractivity contribution in [2.24, 2.45) is 11.8 Å². The van der Waals surface area contributed by atoms with Crippen molar-refractivity contribution in [2.45, 2.75) is 49.4 Å². The maximum absolute atomic E-state index is 4.99. The zero-order valence-corrected chi connectivity index (χ0v) is 32.2. The van der Waals surface area contributed by atoms with Crippen LogP contribution < -0.4 is 0 Å². The van der Waals surface area contributed by atoms with Gasteiger partial charge in [-0.05, 0) is 129 Å². The summed E-state index contributed by atoms with van der Waals surface area (Å²) in [5.74, 6) is 3.68. The average Bonchev–Trinajstić information content (AvgIpc) is 3.23. The second kappa shape index (κ2) is 12.8. The van der Waals surface area contributed by atoms with Crippen LogP contribution in [-0.4, -0.2) is 15.0 Å². The molecule has 3 nitrogen and oxygen atoms in total. The van der Waals surface area contributed by atoms with Gasteiger partial charge < -0.3 is 0 Å². The highest BCUT2D eigenvalue weighted by Gasteiger charge is 2.58. The molecule has 12 rings (SSSR count). The van der Waals surface area contributed by atoms with Crippen molar-refractivity contribution in [3.05, 3.63) is 173 Å². The molecule has 1 heterocycles. The van der Waals surface area contributed by atoms with Crippen molar-refractivity contribution >= 4 is 37.5 Å². The van der Waals surface area contributed by atoms with Gasteiger partial charge in [0.1, 0.15) is 0 Å². The molecule has 0 radical (unpaired) electrons. The number of benzene rings is 7. The fraction of sp³-hybridized carbons (Fsp3) is 0.196. The number of aromatic nitrogens is 3. The summed E-state index contributed by atoms with van der Waals surface area (Å²) < 4.78 is 1.17. The molecule has 2 atom stereocenters. The minimum atomic E-state index is 0.287. The Hall–Kier alpha value is -5.45. The number of halogens is 1. The number of hydrogen-bond acceptors (Lipinski definition) is 3. The monoisotopic (exact) mass is 773 g/mol. The number of hydrogen-bond donors (Lipinski definition) is 0. The highest BCUT2D eigenvalue weighted by molar-refractivity contribution is 9.10. The van der Waals surface area contributed by atoms with Crippen molar-refractivity contribution in [2.75, 3.05) is 0 Å². The third-order valence-electron chi connectivity index (χ3n) is 13.1. The molecule has 7 aromatic carbocycles.